The molecule has 72 valence electrons. The van der Waals surface area contributed by atoms with Crippen LogP contribution in [0.2, 0.25) is 0 Å². The summed E-state index contributed by atoms with van der Waals surface area (Å²) in [6.45, 7) is 4.73. The minimum Gasteiger partial charge on any atom is -0.317 e. The summed E-state index contributed by atoms with van der Waals surface area (Å²) in [6.07, 6.45) is 7.09. The van der Waals surface area contributed by atoms with Gasteiger partial charge in [-0.2, -0.15) is 0 Å². The predicted molar refractivity (Wildman–Crippen MR) is 54.3 cm³/mol. The number of hydrogen-bond donors (Lipinski definition) is 1. The Labute approximate surface area is 76.9 Å². The van der Waals surface area contributed by atoms with Crippen LogP contribution in [-0.4, -0.2) is 13.1 Å². The second kappa shape index (κ2) is 4.86. The molecular formula is C11H23N. The van der Waals surface area contributed by atoms with Gasteiger partial charge in [-0.25, -0.2) is 0 Å². The van der Waals surface area contributed by atoms with E-state index in [0.717, 1.165) is 17.9 Å². The second-order valence-electron chi connectivity index (χ2n) is 4.50. The van der Waals surface area contributed by atoms with Gasteiger partial charge in [-0.3, -0.25) is 0 Å². The molecule has 0 aromatic carbocycles. The summed E-state index contributed by atoms with van der Waals surface area (Å²) in [4.78, 5) is 0. The fourth-order valence-corrected chi connectivity index (χ4v) is 2.29. The average Bonchev–Trinajstić information content (AvgIpc) is 2.28. The van der Waals surface area contributed by atoms with Crippen molar-refractivity contribution in [3.05, 3.63) is 0 Å². The molecule has 0 bridgehead atoms. The first-order valence-electron chi connectivity index (χ1n) is 5.41. The highest BCUT2D eigenvalue weighted by Crippen LogP contribution is 2.28. The maximum absolute atomic E-state index is 3.40. The van der Waals surface area contributed by atoms with Gasteiger partial charge in [0.25, 0.3) is 0 Å². The lowest BCUT2D eigenvalue weighted by Crippen LogP contribution is -2.24. The van der Waals surface area contributed by atoms with Crippen LogP contribution in [0.3, 0.4) is 0 Å². The lowest BCUT2D eigenvalue weighted by molar-refractivity contribution is 0.339. The van der Waals surface area contributed by atoms with E-state index in [-0.39, 0.29) is 0 Å². The highest BCUT2D eigenvalue weighted by molar-refractivity contribution is 4.74. The van der Waals surface area contributed by atoms with Gasteiger partial charge >= 0.3 is 0 Å². The molecule has 12 heavy (non-hydrogen) atoms. The first kappa shape index (κ1) is 10.0. The van der Waals surface area contributed by atoms with Crippen LogP contribution in [0.5, 0.6) is 0 Å². The van der Waals surface area contributed by atoms with E-state index in [0.29, 0.717) is 0 Å². The van der Waals surface area contributed by atoms with Gasteiger partial charge in [0.15, 0.2) is 0 Å². The van der Waals surface area contributed by atoms with E-state index in [4.69, 9.17) is 0 Å². The smallest absolute Gasteiger partial charge is 0.00641 e. The molecule has 0 aromatic rings. The van der Waals surface area contributed by atoms with Crippen molar-refractivity contribution >= 4 is 0 Å². The molecule has 1 fully saturated rings. The van der Waals surface area contributed by atoms with Crippen LogP contribution in [0.15, 0.2) is 0 Å². The van der Waals surface area contributed by atoms with Crippen LogP contribution in [0.1, 0.15) is 46.0 Å². The lowest BCUT2D eigenvalue weighted by Gasteiger charge is -2.18. The van der Waals surface area contributed by atoms with Gasteiger partial charge in [-0.15, -0.1) is 0 Å². The minimum atomic E-state index is 0.800. The van der Waals surface area contributed by atoms with Gasteiger partial charge in [-0.05, 0) is 38.1 Å². The molecule has 2 atom stereocenters. The predicted octanol–water partition coefficient (Wildman–Crippen LogP) is 2.81. The first-order valence-corrected chi connectivity index (χ1v) is 5.41. The molecule has 0 heterocycles. The molecule has 1 N–H and O–H groups in total. The highest BCUT2D eigenvalue weighted by Gasteiger charge is 2.19. The largest absolute Gasteiger partial charge is 0.317 e. The molecule has 1 saturated carbocycles. The van der Waals surface area contributed by atoms with E-state index < -0.39 is 0 Å². The topological polar surface area (TPSA) is 12.0 Å². The third kappa shape index (κ3) is 2.78. The fraction of sp³-hybridized carbons (Fsp3) is 1.00. The molecular weight excluding hydrogens is 146 g/mol. The van der Waals surface area contributed by atoms with E-state index in [1.165, 1.54) is 32.1 Å². The Hall–Kier alpha value is -0.0400. The summed E-state index contributed by atoms with van der Waals surface area (Å²) < 4.78 is 0. The average molecular weight is 169 g/mol. The van der Waals surface area contributed by atoms with Crippen molar-refractivity contribution in [2.75, 3.05) is 7.05 Å². The number of rotatable bonds is 2. The standard InChI is InChI=1S/C11H23N/c1-9(2)10-5-4-6-11(12-3)8-7-10/h9-12H,4-8H2,1-3H3. The lowest BCUT2D eigenvalue weighted by atomic mass is 9.89. The second-order valence-corrected chi connectivity index (χ2v) is 4.50. The molecule has 0 radical (unpaired) electrons. The molecule has 2 unspecified atom stereocenters. The Morgan fingerprint density at radius 1 is 1.08 bits per heavy atom. The Balaban J connectivity index is 2.34. The van der Waals surface area contributed by atoms with Crippen LogP contribution in [-0.2, 0) is 0 Å². The molecule has 0 saturated heterocycles. The molecule has 1 rings (SSSR count). The zero-order chi connectivity index (χ0) is 8.97. The van der Waals surface area contributed by atoms with Gasteiger partial charge in [0.1, 0.15) is 0 Å². The van der Waals surface area contributed by atoms with Crippen molar-refractivity contribution in [2.45, 2.75) is 52.0 Å². The summed E-state index contributed by atoms with van der Waals surface area (Å²) in [6, 6.07) is 0.800. The summed E-state index contributed by atoms with van der Waals surface area (Å²) >= 11 is 0. The zero-order valence-corrected chi connectivity index (χ0v) is 8.77. The van der Waals surface area contributed by atoms with E-state index in [1.54, 1.807) is 0 Å². The van der Waals surface area contributed by atoms with E-state index in [2.05, 4.69) is 26.2 Å². The first-order chi connectivity index (χ1) is 5.74. The van der Waals surface area contributed by atoms with Crippen molar-refractivity contribution in [3.63, 3.8) is 0 Å². The quantitative estimate of drug-likeness (QED) is 0.627. The maximum Gasteiger partial charge on any atom is 0.00641 e. The van der Waals surface area contributed by atoms with E-state index in [1.807, 2.05) is 0 Å². The molecule has 0 amide bonds. The Kier molecular flexibility index (Phi) is 4.07. The SMILES string of the molecule is CNC1CCCC(C(C)C)CC1. The third-order valence-corrected chi connectivity index (χ3v) is 3.36. The number of hydrogen-bond acceptors (Lipinski definition) is 1. The van der Waals surface area contributed by atoms with Gasteiger partial charge in [0, 0.05) is 6.04 Å². The molecule has 0 aliphatic heterocycles. The normalized spacial score (nSPS) is 32.0. The van der Waals surface area contributed by atoms with Gasteiger partial charge in [0.2, 0.25) is 0 Å². The van der Waals surface area contributed by atoms with Crippen molar-refractivity contribution in [1.82, 2.24) is 5.32 Å². The van der Waals surface area contributed by atoms with Crippen LogP contribution in [0.4, 0.5) is 0 Å². The van der Waals surface area contributed by atoms with Crippen molar-refractivity contribution in [1.29, 1.82) is 0 Å². The molecule has 1 heteroatoms. The zero-order valence-electron chi connectivity index (χ0n) is 8.77. The highest BCUT2D eigenvalue weighted by atomic mass is 14.9. The van der Waals surface area contributed by atoms with Gasteiger partial charge < -0.3 is 5.32 Å². The Bertz CT molecular complexity index is 120. The third-order valence-electron chi connectivity index (χ3n) is 3.36. The van der Waals surface area contributed by atoms with E-state index >= 15 is 0 Å². The van der Waals surface area contributed by atoms with Crippen LogP contribution in [0, 0.1) is 11.8 Å². The molecule has 0 aromatic heterocycles. The molecule has 1 aliphatic rings. The Morgan fingerprint density at radius 3 is 2.42 bits per heavy atom. The van der Waals surface area contributed by atoms with Crippen molar-refractivity contribution in [3.8, 4) is 0 Å². The minimum absolute atomic E-state index is 0.800. The molecule has 1 nitrogen and oxygen atoms in total. The van der Waals surface area contributed by atoms with Crippen LogP contribution >= 0.6 is 0 Å². The molecule has 1 aliphatic carbocycles. The molecule has 0 spiro atoms. The van der Waals surface area contributed by atoms with Gasteiger partial charge in [0.05, 0.1) is 0 Å². The summed E-state index contributed by atoms with van der Waals surface area (Å²) in [5.74, 6) is 1.88. The van der Waals surface area contributed by atoms with Crippen molar-refractivity contribution in [2.24, 2.45) is 11.8 Å². The summed E-state index contributed by atoms with van der Waals surface area (Å²) in [5, 5.41) is 3.40. The van der Waals surface area contributed by atoms with Crippen molar-refractivity contribution < 1.29 is 0 Å². The summed E-state index contributed by atoms with van der Waals surface area (Å²) in [5.41, 5.74) is 0. The monoisotopic (exact) mass is 169 g/mol. The fourth-order valence-electron chi connectivity index (χ4n) is 2.29. The van der Waals surface area contributed by atoms with Gasteiger partial charge in [-0.1, -0.05) is 26.7 Å². The van der Waals surface area contributed by atoms with Crippen LogP contribution in [0.25, 0.3) is 0 Å². The number of nitrogens with one attached hydrogen (secondary N) is 1. The van der Waals surface area contributed by atoms with E-state index in [9.17, 15) is 0 Å². The summed E-state index contributed by atoms with van der Waals surface area (Å²) in [7, 11) is 2.10. The van der Waals surface area contributed by atoms with Crippen LogP contribution < -0.4 is 5.32 Å². The Morgan fingerprint density at radius 2 is 1.83 bits per heavy atom. The maximum atomic E-state index is 3.40.